The molecule has 3 aromatic rings. The second-order valence-electron chi connectivity index (χ2n) is 8.21. The van der Waals surface area contributed by atoms with E-state index in [0.29, 0.717) is 40.7 Å². The summed E-state index contributed by atoms with van der Waals surface area (Å²) in [6.07, 6.45) is 3.25. The molecule has 2 aromatic carbocycles. The molecule has 1 aliphatic rings. The van der Waals surface area contributed by atoms with Crippen LogP contribution in [0.5, 0.6) is 23.0 Å². The number of likely N-dealkylation sites (tertiary alicyclic amines) is 1. The number of ketones is 1. The number of amides is 1. The summed E-state index contributed by atoms with van der Waals surface area (Å²) in [6, 6.07) is 12.7. The number of hydrogen-bond donors (Lipinski definition) is 1. The van der Waals surface area contributed by atoms with Crippen LogP contribution in [0.25, 0.3) is 5.76 Å². The van der Waals surface area contributed by atoms with Crippen LogP contribution < -0.4 is 18.9 Å². The van der Waals surface area contributed by atoms with Crippen molar-refractivity contribution in [3.8, 4) is 23.0 Å². The number of aromatic nitrogens is 1. The fourth-order valence-corrected chi connectivity index (χ4v) is 4.39. The summed E-state index contributed by atoms with van der Waals surface area (Å²) in [5.74, 6) is -0.272. The number of rotatable bonds is 9. The molecule has 1 unspecified atom stereocenters. The van der Waals surface area contributed by atoms with Gasteiger partial charge in [0.2, 0.25) is 5.75 Å². The van der Waals surface area contributed by atoms with E-state index in [1.807, 2.05) is 13.0 Å². The number of methoxy groups -OCH3 is 3. The van der Waals surface area contributed by atoms with Crippen LogP contribution in [0.1, 0.15) is 29.7 Å². The molecule has 1 atom stereocenters. The van der Waals surface area contributed by atoms with Crippen molar-refractivity contribution in [3.63, 3.8) is 0 Å². The van der Waals surface area contributed by atoms with Crippen LogP contribution in [0.3, 0.4) is 0 Å². The number of Topliss-reactive ketones (excluding diaryl/α,β-unsaturated/α-hetero) is 1. The van der Waals surface area contributed by atoms with Gasteiger partial charge in [0, 0.05) is 24.5 Å². The number of aliphatic hydroxyl groups excluding tert-OH is 1. The Kier molecular flexibility index (Phi) is 7.62. The summed E-state index contributed by atoms with van der Waals surface area (Å²) in [5.41, 5.74) is 1.51. The van der Waals surface area contributed by atoms with Crippen LogP contribution in [-0.2, 0) is 16.1 Å². The average molecular weight is 505 g/mol. The normalized spacial score (nSPS) is 16.5. The second-order valence-corrected chi connectivity index (χ2v) is 8.21. The fourth-order valence-electron chi connectivity index (χ4n) is 4.39. The van der Waals surface area contributed by atoms with Crippen molar-refractivity contribution in [2.75, 3.05) is 27.9 Å². The largest absolute Gasteiger partial charge is 0.507 e. The zero-order valence-electron chi connectivity index (χ0n) is 21.1. The summed E-state index contributed by atoms with van der Waals surface area (Å²) >= 11 is 0. The van der Waals surface area contributed by atoms with Crippen molar-refractivity contribution >= 4 is 17.4 Å². The number of nitrogens with zero attached hydrogens (tertiary/aromatic N) is 2. The van der Waals surface area contributed by atoms with E-state index in [4.69, 9.17) is 18.9 Å². The van der Waals surface area contributed by atoms with Crippen LogP contribution in [-0.4, -0.2) is 54.6 Å². The Balaban J connectivity index is 1.93. The zero-order valence-corrected chi connectivity index (χ0v) is 21.1. The predicted molar refractivity (Wildman–Crippen MR) is 136 cm³/mol. The van der Waals surface area contributed by atoms with Gasteiger partial charge < -0.3 is 29.0 Å². The van der Waals surface area contributed by atoms with E-state index in [-0.39, 0.29) is 17.9 Å². The molecule has 9 heteroatoms. The maximum atomic E-state index is 13.4. The van der Waals surface area contributed by atoms with E-state index >= 15 is 0 Å². The first-order valence-electron chi connectivity index (χ1n) is 11.6. The minimum Gasteiger partial charge on any atom is -0.507 e. The van der Waals surface area contributed by atoms with Gasteiger partial charge in [-0.05, 0) is 48.4 Å². The molecule has 0 spiro atoms. The molecule has 1 amide bonds. The van der Waals surface area contributed by atoms with Gasteiger partial charge in [0.05, 0.1) is 39.6 Å². The third-order valence-corrected chi connectivity index (χ3v) is 6.04. The van der Waals surface area contributed by atoms with Gasteiger partial charge in [-0.1, -0.05) is 18.2 Å². The standard InChI is InChI=1S/C28H28N2O7/c1-5-37-20-10-6-9-18(12-20)25(31)23-24(19-13-21(34-2)27(36-4)22(14-19)35-3)30(28(33)26(23)32)16-17-8-7-11-29-15-17/h6-15,24,31H,5,16H2,1-4H3/b25-23+. The van der Waals surface area contributed by atoms with E-state index in [9.17, 15) is 14.7 Å². The first kappa shape index (κ1) is 25.6. The molecule has 4 rings (SSSR count). The van der Waals surface area contributed by atoms with Crippen LogP contribution in [0.4, 0.5) is 0 Å². The molecule has 1 aromatic heterocycles. The van der Waals surface area contributed by atoms with E-state index in [1.165, 1.54) is 26.2 Å². The van der Waals surface area contributed by atoms with Gasteiger partial charge in [-0.25, -0.2) is 0 Å². The van der Waals surface area contributed by atoms with Crippen molar-refractivity contribution in [1.29, 1.82) is 0 Å². The summed E-state index contributed by atoms with van der Waals surface area (Å²) in [7, 11) is 4.44. The minimum atomic E-state index is -0.940. The maximum Gasteiger partial charge on any atom is 0.295 e. The monoisotopic (exact) mass is 504 g/mol. The highest BCUT2D eigenvalue weighted by atomic mass is 16.5. The molecule has 37 heavy (non-hydrogen) atoms. The Morgan fingerprint density at radius 3 is 2.32 bits per heavy atom. The van der Waals surface area contributed by atoms with E-state index in [0.717, 1.165) is 5.56 Å². The summed E-state index contributed by atoms with van der Waals surface area (Å²) in [6.45, 7) is 2.38. The van der Waals surface area contributed by atoms with Crippen molar-refractivity contribution in [1.82, 2.24) is 9.88 Å². The average Bonchev–Trinajstić information content (AvgIpc) is 3.17. The highest BCUT2D eigenvalue weighted by Gasteiger charge is 2.46. The van der Waals surface area contributed by atoms with Gasteiger partial charge in [-0.15, -0.1) is 0 Å². The highest BCUT2D eigenvalue weighted by molar-refractivity contribution is 6.46. The Morgan fingerprint density at radius 1 is 1.00 bits per heavy atom. The Morgan fingerprint density at radius 2 is 1.73 bits per heavy atom. The van der Waals surface area contributed by atoms with E-state index < -0.39 is 17.7 Å². The molecule has 192 valence electrons. The summed E-state index contributed by atoms with van der Waals surface area (Å²) in [5, 5.41) is 11.4. The smallest absolute Gasteiger partial charge is 0.295 e. The van der Waals surface area contributed by atoms with Gasteiger partial charge in [-0.3, -0.25) is 14.6 Å². The molecule has 2 heterocycles. The van der Waals surface area contributed by atoms with Crippen molar-refractivity contribution in [2.45, 2.75) is 19.5 Å². The molecule has 0 saturated carbocycles. The number of carbonyl (C=O) groups excluding carboxylic acids is 2. The number of aliphatic hydroxyl groups is 1. The van der Waals surface area contributed by atoms with Crippen LogP contribution in [0.2, 0.25) is 0 Å². The second kappa shape index (κ2) is 11.0. The molecular formula is C28H28N2O7. The number of benzene rings is 2. The van der Waals surface area contributed by atoms with Crippen molar-refractivity contribution in [2.24, 2.45) is 0 Å². The molecule has 1 fully saturated rings. The Labute approximate surface area is 214 Å². The quantitative estimate of drug-likeness (QED) is 0.263. The van der Waals surface area contributed by atoms with Gasteiger partial charge in [0.1, 0.15) is 11.5 Å². The highest BCUT2D eigenvalue weighted by Crippen LogP contribution is 2.46. The topological polar surface area (TPSA) is 107 Å². The summed E-state index contributed by atoms with van der Waals surface area (Å²) < 4.78 is 22.0. The van der Waals surface area contributed by atoms with Gasteiger partial charge in [0.25, 0.3) is 11.7 Å². The zero-order chi connectivity index (χ0) is 26.5. The van der Waals surface area contributed by atoms with Gasteiger partial charge in [-0.2, -0.15) is 0 Å². The van der Waals surface area contributed by atoms with Crippen molar-refractivity contribution < 1.29 is 33.6 Å². The third kappa shape index (κ3) is 4.93. The predicted octanol–water partition coefficient (Wildman–Crippen LogP) is 4.13. The Bertz CT molecular complexity index is 1310. The molecule has 0 aliphatic carbocycles. The lowest BCUT2D eigenvalue weighted by Crippen LogP contribution is -2.29. The van der Waals surface area contributed by atoms with Gasteiger partial charge in [0.15, 0.2) is 11.5 Å². The summed E-state index contributed by atoms with van der Waals surface area (Å²) in [4.78, 5) is 32.3. The lowest BCUT2D eigenvalue weighted by molar-refractivity contribution is -0.140. The fraction of sp³-hybridized carbons (Fsp3) is 0.250. The van der Waals surface area contributed by atoms with E-state index in [2.05, 4.69) is 4.98 Å². The lowest BCUT2D eigenvalue weighted by Gasteiger charge is -2.26. The number of hydrogen-bond acceptors (Lipinski definition) is 8. The Hall–Kier alpha value is -4.53. The van der Waals surface area contributed by atoms with Crippen LogP contribution in [0.15, 0.2) is 66.5 Å². The lowest BCUT2D eigenvalue weighted by atomic mass is 9.94. The maximum absolute atomic E-state index is 13.4. The minimum absolute atomic E-state index is 0.0585. The van der Waals surface area contributed by atoms with Crippen molar-refractivity contribution in [3.05, 3.63) is 83.2 Å². The molecule has 1 aliphatic heterocycles. The molecule has 1 N–H and O–H groups in total. The van der Waals surface area contributed by atoms with Crippen LogP contribution in [0, 0.1) is 0 Å². The SMILES string of the molecule is CCOc1cccc(/C(O)=C2\C(=O)C(=O)N(Cc3cccnc3)C2c2cc(OC)c(OC)c(OC)c2)c1. The molecule has 9 nitrogen and oxygen atoms in total. The number of ether oxygens (including phenoxy) is 4. The number of pyridine rings is 1. The molecule has 1 saturated heterocycles. The van der Waals surface area contributed by atoms with E-state index in [1.54, 1.807) is 54.9 Å². The number of carbonyl (C=O) groups is 2. The molecule has 0 radical (unpaired) electrons. The third-order valence-electron chi connectivity index (χ3n) is 6.04. The van der Waals surface area contributed by atoms with Gasteiger partial charge >= 0.3 is 0 Å². The van der Waals surface area contributed by atoms with Crippen LogP contribution >= 0.6 is 0 Å². The molecular weight excluding hydrogens is 476 g/mol. The first-order chi connectivity index (χ1) is 17.9. The first-order valence-corrected chi connectivity index (χ1v) is 11.6. The molecule has 0 bridgehead atoms.